The van der Waals surface area contributed by atoms with Crippen LogP contribution in [-0.4, -0.2) is 44.2 Å². The molecule has 0 radical (unpaired) electrons. The fourth-order valence-electron chi connectivity index (χ4n) is 2.16. The van der Waals surface area contributed by atoms with Gasteiger partial charge in [-0.2, -0.15) is 0 Å². The number of halogens is 1. The van der Waals surface area contributed by atoms with Crippen molar-refractivity contribution in [2.24, 2.45) is 0 Å². The van der Waals surface area contributed by atoms with Gasteiger partial charge in [-0.1, -0.05) is 17.7 Å². The Hall–Kier alpha value is -0.770. The van der Waals surface area contributed by atoms with Gasteiger partial charge in [-0.3, -0.25) is 0 Å². The molecule has 0 atom stereocenters. The fraction of sp³-hybridized carbons (Fsp3) is 0.571. The third-order valence-corrected chi connectivity index (χ3v) is 3.35. The molecule has 0 unspecified atom stereocenters. The van der Waals surface area contributed by atoms with Crippen LogP contribution in [0.1, 0.15) is 12.8 Å². The summed E-state index contributed by atoms with van der Waals surface area (Å²) in [6.45, 7) is 6.47. The zero-order chi connectivity index (χ0) is 12.6. The van der Waals surface area contributed by atoms with E-state index in [1.54, 1.807) is 0 Å². The third-order valence-electron chi connectivity index (χ3n) is 3.12. The van der Waals surface area contributed by atoms with Gasteiger partial charge >= 0.3 is 0 Å². The zero-order valence-corrected chi connectivity index (χ0v) is 11.5. The molecule has 0 spiro atoms. The summed E-state index contributed by atoms with van der Waals surface area (Å²) in [5.74, 6) is 0.861. The molecule has 0 bridgehead atoms. The normalized spacial score (nSPS) is 17.4. The molecule has 4 heteroatoms. The van der Waals surface area contributed by atoms with Crippen molar-refractivity contribution >= 4 is 11.6 Å². The van der Waals surface area contributed by atoms with Crippen molar-refractivity contribution in [1.82, 2.24) is 10.2 Å². The van der Waals surface area contributed by atoms with Gasteiger partial charge in [0.1, 0.15) is 5.75 Å². The molecule has 0 aliphatic carbocycles. The minimum atomic E-state index is 0.728. The van der Waals surface area contributed by atoms with Crippen LogP contribution in [-0.2, 0) is 0 Å². The van der Waals surface area contributed by atoms with Gasteiger partial charge in [-0.05, 0) is 44.1 Å². The molecule has 1 saturated heterocycles. The quantitative estimate of drug-likeness (QED) is 0.830. The Kier molecular flexibility index (Phi) is 5.78. The van der Waals surface area contributed by atoms with Gasteiger partial charge < -0.3 is 15.0 Å². The van der Waals surface area contributed by atoms with Crippen molar-refractivity contribution in [3.63, 3.8) is 0 Å². The first-order valence-electron chi connectivity index (χ1n) is 6.66. The van der Waals surface area contributed by atoms with Gasteiger partial charge in [-0.25, -0.2) is 0 Å². The molecule has 0 aromatic heterocycles. The molecular weight excluding hydrogens is 248 g/mol. The highest BCUT2D eigenvalue weighted by molar-refractivity contribution is 6.30. The van der Waals surface area contributed by atoms with E-state index in [4.69, 9.17) is 16.3 Å². The predicted octanol–water partition coefficient (Wildman–Crippen LogP) is 2.40. The number of ether oxygens (including phenoxy) is 1. The summed E-state index contributed by atoms with van der Waals surface area (Å²) in [7, 11) is 0. The molecule has 3 nitrogen and oxygen atoms in total. The Bertz CT molecular complexity index is 351. The molecule has 1 aliphatic heterocycles. The van der Waals surface area contributed by atoms with Crippen LogP contribution in [0, 0.1) is 0 Å². The number of rotatable bonds is 5. The maximum absolute atomic E-state index is 5.90. The minimum absolute atomic E-state index is 0.728. The zero-order valence-electron chi connectivity index (χ0n) is 10.7. The molecule has 1 aromatic carbocycles. The highest BCUT2D eigenvalue weighted by Gasteiger charge is 2.07. The lowest BCUT2D eigenvalue weighted by atomic mass is 10.3. The van der Waals surface area contributed by atoms with Gasteiger partial charge in [0, 0.05) is 24.7 Å². The van der Waals surface area contributed by atoms with Crippen molar-refractivity contribution < 1.29 is 4.74 Å². The Labute approximate surface area is 114 Å². The fourth-order valence-corrected chi connectivity index (χ4v) is 2.34. The van der Waals surface area contributed by atoms with Crippen molar-refractivity contribution in [1.29, 1.82) is 0 Å². The van der Waals surface area contributed by atoms with Gasteiger partial charge in [-0.15, -0.1) is 0 Å². The van der Waals surface area contributed by atoms with Crippen molar-refractivity contribution in [3.05, 3.63) is 29.3 Å². The van der Waals surface area contributed by atoms with Crippen molar-refractivity contribution in [2.45, 2.75) is 12.8 Å². The summed E-state index contributed by atoms with van der Waals surface area (Å²) >= 11 is 5.90. The van der Waals surface area contributed by atoms with Gasteiger partial charge in [0.05, 0.1) is 6.61 Å². The maximum Gasteiger partial charge on any atom is 0.120 e. The highest BCUT2D eigenvalue weighted by Crippen LogP contribution is 2.17. The molecule has 2 rings (SSSR count). The molecule has 1 fully saturated rings. The van der Waals surface area contributed by atoms with E-state index < -0.39 is 0 Å². The molecule has 1 aliphatic rings. The molecular formula is C14H21ClN2O. The monoisotopic (exact) mass is 268 g/mol. The van der Waals surface area contributed by atoms with Crippen LogP contribution in [0.3, 0.4) is 0 Å². The van der Waals surface area contributed by atoms with E-state index in [1.165, 1.54) is 13.0 Å². The lowest BCUT2D eigenvalue weighted by molar-refractivity contribution is 0.244. The summed E-state index contributed by atoms with van der Waals surface area (Å²) < 4.78 is 5.68. The average Bonchev–Trinajstić information content (AvgIpc) is 2.63. The van der Waals surface area contributed by atoms with Crippen LogP contribution in [0.25, 0.3) is 0 Å². The molecule has 0 amide bonds. The predicted molar refractivity (Wildman–Crippen MR) is 75.5 cm³/mol. The molecule has 0 saturated carbocycles. The molecule has 1 N–H and O–H groups in total. The summed E-state index contributed by atoms with van der Waals surface area (Å²) in [5, 5.41) is 4.14. The van der Waals surface area contributed by atoms with Crippen LogP contribution < -0.4 is 10.1 Å². The van der Waals surface area contributed by atoms with Crippen LogP contribution in [0.4, 0.5) is 0 Å². The number of nitrogens with one attached hydrogen (secondary N) is 1. The van der Waals surface area contributed by atoms with E-state index in [0.29, 0.717) is 0 Å². The van der Waals surface area contributed by atoms with E-state index in [1.807, 2.05) is 24.3 Å². The minimum Gasteiger partial charge on any atom is -0.493 e. The Morgan fingerprint density at radius 3 is 3.11 bits per heavy atom. The smallest absolute Gasteiger partial charge is 0.120 e. The maximum atomic E-state index is 5.90. The van der Waals surface area contributed by atoms with Gasteiger partial charge in [0.15, 0.2) is 0 Å². The number of hydrogen-bond donors (Lipinski definition) is 1. The highest BCUT2D eigenvalue weighted by atomic mass is 35.5. The topological polar surface area (TPSA) is 24.5 Å². The number of hydrogen-bond acceptors (Lipinski definition) is 3. The third kappa shape index (κ3) is 4.84. The second-order valence-electron chi connectivity index (χ2n) is 4.60. The Morgan fingerprint density at radius 2 is 2.22 bits per heavy atom. The summed E-state index contributed by atoms with van der Waals surface area (Å²) in [4.78, 5) is 2.50. The SMILES string of the molecule is Clc1cccc(OCCCN2CCCNCC2)c1. The first-order valence-corrected chi connectivity index (χ1v) is 7.04. The lowest BCUT2D eigenvalue weighted by Crippen LogP contribution is -2.29. The summed E-state index contributed by atoms with van der Waals surface area (Å²) in [6.07, 6.45) is 2.31. The standard InChI is InChI=1S/C14H21ClN2O/c15-13-4-1-5-14(12-13)18-11-3-9-17-8-2-6-16-7-10-17/h1,4-5,12,16H,2-3,6-11H2. The van der Waals surface area contributed by atoms with Crippen LogP contribution >= 0.6 is 11.6 Å². The number of benzene rings is 1. The second-order valence-corrected chi connectivity index (χ2v) is 5.04. The average molecular weight is 269 g/mol. The lowest BCUT2D eigenvalue weighted by Gasteiger charge is -2.19. The summed E-state index contributed by atoms with van der Waals surface area (Å²) in [5.41, 5.74) is 0. The molecule has 18 heavy (non-hydrogen) atoms. The van der Waals surface area contributed by atoms with E-state index in [2.05, 4.69) is 10.2 Å². The Balaban J connectivity index is 1.63. The largest absolute Gasteiger partial charge is 0.493 e. The number of nitrogens with zero attached hydrogens (tertiary/aromatic N) is 1. The van der Waals surface area contributed by atoms with Crippen molar-refractivity contribution in [2.75, 3.05) is 39.3 Å². The first-order chi connectivity index (χ1) is 8.84. The van der Waals surface area contributed by atoms with Crippen LogP contribution in [0.5, 0.6) is 5.75 Å². The second kappa shape index (κ2) is 7.62. The van der Waals surface area contributed by atoms with E-state index in [-0.39, 0.29) is 0 Å². The van der Waals surface area contributed by atoms with Crippen molar-refractivity contribution in [3.8, 4) is 5.75 Å². The molecule has 1 heterocycles. The van der Waals surface area contributed by atoms with Crippen LogP contribution in [0.15, 0.2) is 24.3 Å². The van der Waals surface area contributed by atoms with E-state index >= 15 is 0 Å². The van der Waals surface area contributed by atoms with Gasteiger partial charge in [0.2, 0.25) is 0 Å². The first kappa shape index (κ1) is 13.7. The van der Waals surface area contributed by atoms with E-state index in [9.17, 15) is 0 Å². The van der Waals surface area contributed by atoms with E-state index in [0.717, 1.165) is 50.0 Å². The summed E-state index contributed by atoms with van der Waals surface area (Å²) in [6, 6.07) is 7.58. The Morgan fingerprint density at radius 1 is 1.28 bits per heavy atom. The molecule has 1 aromatic rings. The molecule has 100 valence electrons. The van der Waals surface area contributed by atoms with Gasteiger partial charge in [0.25, 0.3) is 0 Å². The van der Waals surface area contributed by atoms with Crippen LogP contribution in [0.2, 0.25) is 5.02 Å².